The molecule has 0 radical (unpaired) electrons. The molecule has 1 heterocycles. The summed E-state index contributed by atoms with van der Waals surface area (Å²) in [6.07, 6.45) is 3.83. The van der Waals surface area contributed by atoms with Crippen LogP contribution in [-0.2, 0) is 16.1 Å². The highest BCUT2D eigenvalue weighted by Gasteiger charge is 2.33. The smallest absolute Gasteiger partial charge is 0.223 e. The van der Waals surface area contributed by atoms with Crippen molar-refractivity contribution in [2.75, 3.05) is 13.2 Å². The Morgan fingerprint density at radius 2 is 2.05 bits per heavy atom. The number of nitriles is 1. The minimum absolute atomic E-state index is 0.248. The zero-order valence-corrected chi connectivity index (χ0v) is 12.1. The molecule has 0 bridgehead atoms. The van der Waals surface area contributed by atoms with Crippen molar-refractivity contribution < 1.29 is 9.53 Å². The molecule has 3 rings (SSSR count). The van der Waals surface area contributed by atoms with Crippen molar-refractivity contribution in [3.05, 3.63) is 35.4 Å². The van der Waals surface area contributed by atoms with Gasteiger partial charge in [-0.25, -0.2) is 0 Å². The number of benzene rings is 1. The van der Waals surface area contributed by atoms with Crippen LogP contribution in [0.15, 0.2) is 24.3 Å². The molecule has 2 fully saturated rings. The van der Waals surface area contributed by atoms with Gasteiger partial charge in [-0.1, -0.05) is 12.1 Å². The third-order valence-corrected chi connectivity index (χ3v) is 4.23. The van der Waals surface area contributed by atoms with Gasteiger partial charge in [0.1, 0.15) is 0 Å². The van der Waals surface area contributed by atoms with Crippen molar-refractivity contribution in [1.82, 2.24) is 4.90 Å². The van der Waals surface area contributed by atoms with Gasteiger partial charge in [0, 0.05) is 32.2 Å². The van der Waals surface area contributed by atoms with Gasteiger partial charge in [0.2, 0.25) is 5.91 Å². The Hall–Kier alpha value is -1.86. The second-order valence-corrected chi connectivity index (χ2v) is 6.00. The van der Waals surface area contributed by atoms with E-state index in [1.54, 1.807) is 0 Å². The van der Waals surface area contributed by atoms with Gasteiger partial charge >= 0.3 is 0 Å². The number of hydrogen-bond acceptors (Lipinski definition) is 3. The van der Waals surface area contributed by atoms with Crippen molar-refractivity contribution in [2.45, 2.75) is 38.3 Å². The molecule has 110 valence electrons. The number of carbonyl (C=O) groups excluding carboxylic acids is 1. The quantitative estimate of drug-likeness (QED) is 0.834. The topological polar surface area (TPSA) is 53.3 Å². The molecule has 1 aromatic rings. The lowest BCUT2D eigenvalue weighted by atomic mass is 10.0. The van der Waals surface area contributed by atoms with Crippen LogP contribution in [0.25, 0.3) is 0 Å². The minimum atomic E-state index is 0.248. The Morgan fingerprint density at radius 3 is 2.62 bits per heavy atom. The number of nitrogens with zero attached hydrogens (tertiary/aromatic N) is 2. The van der Waals surface area contributed by atoms with E-state index < -0.39 is 0 Å². The zero-order valence-electron chi connectivity index (χ0n) is 12.1. The number of amides is 1. The molecule has 1 saturated heterocycles. The maximum absolute atomic E-state index is 12.5. The first-order valence-corrected chi connectivity index (χ1v) is 7.62. The predicted octanol–water partition coefficient (Wildman–Crippen LogP) is 2.48. The molecule has 2 aliphatic rings. The second-order valence-electron chi connectivity index (χ2n) is 6.00. The Morgan fingerprint density at radius 1 is 1.29 bits per heavy atom. The molecule has 1 aromatic carbocycles. The highest BCUT2D eigenvalue weighted by molar-refractivity contribution is 5.77. The molecular weight excluding hydrogens is 264 g/mol. The zero-order chi connectivity index (χ0) is 14.7. The Labute approximate surface area is 125 Å². The maximum atomic E-state index is 12.5. The van der Waals surface area contributed by atoms with Crippen molar-refractivity contribution in [3.8, 4) is 6.07 Å². The van der Waals surface area contributed by atoms with Crippen LogP contribution in [0.3, 0.4) is 0 Å². The summed E-state index contributed by atoms with van der Waals surface area (Å²) in [5.41, 5.74) is 1.75. The molecule has 1 aliphatic heterocycles. The Balaban J connectivity index is 1.63. The summed E-state index contributed by atoms with van der Waals surface area (Å²) in [6.45, 7) is 2.17. The first-order chi connectivity index (χ1) is 10.3. The van der Waals surface area contributed by atoms with Crippen LogP contribution in [0.1, 0.15) is 36.8 Å². The van der Waals surface area contributed by atoms with E-state index in [9.17, 15) is 4.79 Å². The van der Waals surface area contributed by atoms with E-state index in [0.717, 1.165) is 38.0 Å². The van der Waals surface area contributed by atoms with Gasteiger partial charge in [-0.2, -0.15) is 5.26 Å². The van der Waals surface area contributed by atoms with E-state index in [-0.39, 0.29) is 5.91 Å². The third kappa shape index (κ3) is 3.62. The van der Waals surface area contributed by atoms with Crippen LogP contribution in [0, 0.1) is 17.2 Å². The molecule has 4 nitrogen and oxygen atoms in total. The van der Waals surface area contributed by atoms with Crippen molar-refractivity contribution in [3.63, 3.8) is 0 Å². The minimum Gasteiger partial charge on any atom is -0.381 e. The molecule has 1 aliphatic carbocycles. The number of ether oxygens (including phenoxy) is 1. The summed E-state index contributed by atoms with van der Waals surface area (Å²) >= 11 is 0. The number of carbonyl (C=O) groups is 1. The molecule has 4 heteroatoms. The normalized spacial score (nSPS) is 21.0. The van der Waals surface area contributed by atoms with Gasteiger partial charge in [0.25, 0.3) is 0 Å². The lowest BCUT2D eigenvalue weighted by Gasteiger charge is -2.24. The van der Waals surface area contributed by atoms with Gasteiger partial charge in [0.15, 0.2) is 0 Å². The molecule has 0 aromatic heterocycles. The summed E-state index contributed by atoms with van der Waals surface area (Å²) < 4.78 is 5.36. The molecule has 0 N–H and O–H groups in total. The predicted molar refractivity (Wildman–Crippen MR) is 78.3 cm³/mol. The molecular formula is C17H20N2O2. The van der Waals surface area contributed by atoms with Gasteiger partial charge in [-0.05, 0) is 42.9 Å². The third-order valence-electron chi connectivity index (χ3n) is 4.23. The monoisotopic (exact) mass is 284 g/mol. The molecule has 1 saturated carbocycles. The molecule has 0 spiro atoms. The fourth-order valence-electron chi connectivity index (χ4n) is 2.80. The van der Waals surface area contributed by atoms with Crippen molar-refractivity contribution >= 4 is 5.91 Å². The van der Waals surface area contributed by atoms with Gasteiger partial charge in [-0.3, -0.25) is 4.79 Å². The van der Waals surface area contributed by atoms with Crippen molar-refractivity contribution in [2.24, 2.45) is 5.92 Å². The fourth-order valence-corrected chi connectivity index (χ4v) is 2.80. The van der Waals surface area contributed by atoms with Crippen LogP contribution in [-0.4, -0.2) is 30.1 Å². The van der Waals surface area contributed by atoms with Gasteiger partial charge in [-0.15, -0.1) is 0 Å². The molecule has 1 amide bonds. The Kier molecular flexibility index (Phi) is 4.21. The van der Waals surface area contributed by atoms with E-state index in [2.05, 4.69) is 6.07 Å². The first kappa shape index (κ1) is 14.1. The molecule has 21 heavy (non-hydrogen) atoms. The fraction of sp³-hybridized carbons (Fsp3) is 0.529. The summed E-state index contributed by atoms with van der Waals surface area (Å²) in [4.78, 5) is 14.5. The second kappa shape index (κ2) is 6.28. The lowest BCUT2D eigenvalue weighted by molar-refractivity contribution is -0.133. The highest BCUT2D eigenvalue weighted by Crippen LogP contribution is 2.30. The highest BCUT2D eigenvalue weighted by atomic mass is 16.5. The Bertz CT molecular complexity index is 537. The van der Waals surface area contributed by atoms with Crippen LogP contribution >= 0.6 is 0 Å². The van der Waals surface area contributed by atoms with Crippen LogP contribution < -0.4 is 0 Å². The maximum Gasteiger partial charge on any atom is 0.223 e. The van der Waals surface area contributed by atoms with Crippen LogP contribution in [0.5, 0.6) is 0 Å². The lowest BCUT2D eigenvalue weighted by Crippen LogP contribution is -2.33. The average molecular weight is 284 g/mol. The number of rotatable bonds is 5. The van der Waals surface area contributed by atoms with E-state index in [4.69, 9.17) is 10.00 Å². The van der Waals surface area contributed by atoms with Gasteiger partial charge < -0.3 is 9.64 Å². The summed E-state index contributed by atoms with van der Waals surface area (Å²) in [7, 11) is 0. The summed E-state index contributed by atoms with van der Waals surface area (Å²) in [5.74, 6) is 0.636. The van der Waals surface area contributed by atoms with Crippen molar-refractivity contribution in [1.29, 1.82) is 5.26 Å². The van der Waals surface area contributed by atoms with E-state index in [1.807, 2.05) is 29.2 Å². The summed E-state index contributed by atoms with van der Waals surface area (Å²) in [6, 6.07) is 10.1. The van der Waals surface area contributed by atoms with E-state index >= 15 is 0 Å². The largest absolute Gasteiger partial charge is 0.381 e. The molecule has 1 atom stereocenters. The SMILES string of the molecule is N#Cc1ccc(CN(C(=O)CC2CCOC2)C2CC2)cc1. The van der Waals surface area contributed by atoms with E-state index in [1.165, 1.54) is 0 Å². The van der Waals surface area contributed by atoms with Gasteiger partial charge in [0.05, 0.1) is 11.6 Å². The number of hydrogen-bond donors (Lipinski definition) is 0. The first-order valence-electron chi connectivity index (χ1n) is 7.62. The standard InChI is InChI=1S/C17H20N2O2/c18-10-13-1-3-14(4-2-13)11-19(16-5-6-16)17(20)9-15-7-8-21-12-15/h1-4,15-16H,5-9,11-12H2. The average Bonchev–Trinajstić information content (AvgIpc) is 3.22. The summed E-state index contributed by atoms with van der Waals surface area (Å²) in [5, 5.41) is 8.83. The van der Waals surface area contributed by atoms with E-state index in [0.29, 0.717) is 30.5 Å². The van der Waals surface area contributed by atoms with Crippen LogP contribution in [0.2, 0.25) is 0 Å². The molecule has 1 unspecified atom stereocenters. The van der Waals surface area contributed by atoms with Crippen LogP contribution in [0.4, 0.5) is 0 Å².